The van der Waals surface area contributed by atoms with E-state index in [2.05, 4.69) is 0 Å². The number of rotatable bonds is 2. The molecular formula is C8H7FO4S. The molecule has 6 heteroatoms. The minimum Gasteiger partial charge on any atom is -0.478 e. The van der Waals surface area contributed by atoms with Crippen LogP contribution in [0.1, 0.15) is 15.9 Å². The molecule has 0 radical (unpaired) electrons. The van der Waals surface area contributed by atoms with Crippen LogP contribution < -0.4 is 0 Å². The van der Waals surface area contributed by atoms with Crippen molar-refractivity contribution in [1.29, 1.82) is 0 Å². The van der Waals surface area contributed by atoms with Crippen LogP contribution in [0, 0.1) is 6.92 Å². The molecule has 0 amide bonds. The van der Waals surface area contributed by atoms with E-state index in [1.165, 1.54) is 19.1 Å². The Hall–Kier alpha value is -1.43. The maximum atomic E-state index is 12.6. The van der Waals surface area contributed by atoms with E-state index in [4.69, 9.17) is 5.11 Å². The number of aryl methyl sites for hydroxylation is 1. The number of hydrogen-bond donors (Lipinski definition) is 1. The second-order valence-corrected chi connectivity index (χ2v) is 4.04. The van der Waals surface area contributed by atoms with Gasteiger partial charge in [0.25, 0.3) is 0 Å². The smallest absolute Gasteiger partial charge is 0.335 e. The number of halogens is 1. The summed E-state index contributed by atoms with van der Waals surface area (Å²) < 4.78 is 33.7. The van der Waals surface area contributed by atoms with E-state index in [1.807, 2.05) is 0 Å². The maximum Gasteiger partial charge on any atom is 0.335 e. The summed E-state index contributed by atoms with van der Waals surface area (Å²) in [7, 11) is -4.85. The third kappa shape index (κ3) is 2.08. The topological polar surface area (TPSA) is 71.4 Å². The zero-order valence-electron chi connectivity index (χ0n) is 7.19. The third-order valence-corrected chi connectivity index (χ3v) is 2.66. The number of aromatic carboxylic acids is 1. The Labute approximate surface area is 80.2 Å². The summed E-state index contributed by atoms with van der Waals surface area (Å²) in [6, 6.07) is 3.26. The highest BCUT2D eigenvalue weighted by molar-refractivity contribution is 7.86. The predicted octanol–water partition coefficient (Wildman–Crippen LogP) is 1.35. The van der Waals surface area contributed by atoms with Gasteiger partial charge in [0.05, 0.1) is 5.56 Å². The minimum atomic E-state index is -4.85. The van der Waals surface area contributed by atoms with Gasteiger partial charge in [0.2, 0.25) is 0 Å². The summed E-state index contributed by atoms with van der Waals surface area (Å²) in [4.78, 5) is 9.87. The van der Waals surface area contributed by atoms with E-state index >= 15 is 0 Å². The first-order valence-corrected chi connectivity index (χ1v) is 4.99. The van der Waals surface area contributed by atoms with E-state index in [0.29, 0.717) is 0 Å². The summed E-state index contributed by atoms with van der Waals surface area (Å²) in [5.74, 6) is -1.30. The second kappa shape index (κ2) is 3.38. The van der Waals surface area contributed by atoms with E-state index in [9.17, 15) is 17.1 Å². The van der Waals surface area contributed by atoms with E-state index < -0.39 is 21.1 Å². The number of benzene rings is 1. The normalized spacial score (nSPS) is 11.3. The lowest BCUT2D eigenvalue weighted by atomic mass is 10.1. The zero-order valence-corrected chi connectivity index (χ0v) is 8.01. The van der Waals surface area contributed by atoms with Crippen LogP contribution in [-0.2, 0) is 10.2 Å². The molecule has 4 nitrogen and oxygen atoms in total. The fraction of sp³-hybridized carbons (Fsp3) is 0.125. The van der Waals surface area contributed by atoms with Gasteiger partial charge in [-0.1, -0.05) is 6.07 Å². The molecule has 0 bridgehead atoms. The van der Waals surface area contributed by atoms with Crippen LogP contribution in [0.3, 0.4) is 0 Å². The summed E-state index contributed by atoms with van der Waals surface area (Å²) in [6.07, 6.45) is 0. The minimum absolute atomic E-state index is 0.178. The first-order chi connectivity index (χ1) is 6.32. The molecule has 14 heavy (non-hydrogen) atoms. The van der Waals surface area contributed by atoms with Crippen LogP contribution in [0.2, 0.25) is 0 Å². The number of hydrogen-bond acceptors (Lipinski definition) is 3. The highest BCUT2D eigenvalue weighted by Gasteiger charge is 2.17. The monoisotopic (exact) mass is 218 g/mol. The van der Waals surface area contributed by atoms with Crippen molar-refractivity contribution in [3.8, 4) is 0 Å². The summed E-state index contributed by atoms with van der Waals surface area (Å²) in [6.45, 7) is 1.39. The fourth-order valence-electron chi connectivity index (χ4n) is 0.996. The average Bonchev–Trinajstić information content (AvgIpc) is 2.02. The molecule has 76 valence electrons. The number of carbonyl (C=O) groups is 1. The lowest BCUT2D eigenvalue weighted by Crippen LogP contribution is -2.01. The molecule has 1 N–H and O–H groups in total. The first kappa shape index (κ1) is 10.6. The molecule has 1 aromatic carbocycles. The van der Waals surface area contributed by atoms with Crippen LogP contribution in [0.15, 0.2) is 23.1 Å². The van der Waals surface area contributed by atoms with Crippen LogP contribution in [-0.4, -0.2) is 19.5 Å². The molecule has 0 aliphatic rings. The fourth-order valence-corrected chi connectivity index (χ4v) is 1.72. The van der Waals surface area contributed by atoms with E-state index in [1.54, 1.807) is 0 Å². The van der Waals surface area contributed by atoms with Gasteiger partial charge in [-0.05, 0) is 24.6 Å². The van der Waals surface area contributed by atoms with Crippen molar-refractivity contribution in [3.05, 3.63) is 29.3 Å². The molecule has 0 atom stereocenters. The maximum absolute atomic E-state index is 12.6. The first-order valence-electron chi connectivity index (χ1n) is 3.61. The van der Waals surface area contributed by atoms with Gasteiger partial charge in [0, 0.05) is 0 Å². The molecule has 0 unspecified atom stereocenters. The molecule has 0 saturated carbocycles. The molecule has 0 saturated heterocycles. The van der Waals surface area contributed by atoms with Crippen molar-refractivity contribution in [2.24, 2.45) is 0 Å². The van der Waals surface area contributed by atoms with Gasteiger partial charge in [-0.3, -0.25) is 0 Å². The lowest BCUT2D eigenvalue weighted by molar-refractivity contribution is 0.0696. The molecule has 1 rings (SSSR count). The van der Waals surface area contributed by atoms with Gasteiger partial charge < -0.3 is 5.11 Å². The quantitative estimate of drug-likeness (QED) is 0.760. The van der Waals surface area contributed by atoms with Crippen LogP contribution in [0.5, 0.6) is 0 Å². The van der Waals surface area contributed by atoms with Gasteiger partial charge >= 0.3 is 16.2 Å². The standard InChI is InChI=1S/C8H7FO4S/c1-5-2-3-6(8(10)11)4-7(5)14(9,12)13/h2-4H,1H3,(H,10,11). The summed E-state index contributed by atoms with van der Waals surface area (Å²) in [5.41, 5.74) is -0.0793. The highest BCUT2D eigenvalue weighted by atomic mass is 32.3. The van der Waals surface area contributed by atoms with Gasteiger partial charge in [0.1, 0.15) is 4.90 Å². The Kier molecular flexibility index (Phi) is 2.57. The molecule has 0 aromatic heterocycles. The van der Waals surface area contributed by atoms with Crippen molar-refractivity contribution in [1.82, 2.24) is 0 Å². The van der Waals surface area contributed by atoms with Crippen LogP contribution in [0.25, 0.3) is 0 Å². The van der Waals surface area contributed by atoms with Gasteiger partial charge in [-0.2, -0.15) is 8.42 Å². The molecular weight excluding hydrogens is 211 g/mol. The van der Waals surface area contributed by atoms with Gasteiger partial charge in [0.15, 0.2) is 0 Å². The lowest BCUT2D eigenvalue weighted by Gasteiger charge is -2.01. The van der Waals surface area contributed by atoms with Crippen LogP contribution in [0.4, 0.5) is 3.89 Å². The number of carboxylic acid groups (broad SMARTS) is 1. The van der Waals surface area contributed by atoms with E-state index in [0.717, 1.165) is 6.07 Å². The molecule has 0 aliphatic carbocycles. The van der Waals surface area contributed by atoms with Crippen molar-refractivity contribution < 1.29 is 22.2 Å². The van der Waals surface area contributed by atoms with Crippen molar-refractivity contribution >= 4 is 16.2 Å². The van der Waals surface area contributed by atoms with Gasteiger partial charge in [-0.25, -0.2) is 4.79 Å². The average molecular weight is 218 g/mol. The van der Waals surface area contributed by atoms with Crippen LogP contribution >= 0.6 is 0 Å². The predicted molar refractivity (Wildman–Crippen MR) is 46.4 cm³/mol. The third-order valence-electron chi connectivity index (χ3n) is 1.70. The highest BCUT2D eigenvalue weighted by Crippen LogP contribution is 2.18. The SMILES string of the molecule is Cc1ccc(C(=O)O)cc1S(=O)(=O)F. The van der Waals surface area contributed by atoms with Gasteiger partial charge in [-0.15, -0.1) is 3.89 Å². The molecule has 0 heterocycles. The Morgan fingerprint density at radius 2 is 2.00 bits per heavy atom. The Bertz CT molecular complexity index is 478. The number of carboxylic acids is 1. The zero-order chi connectivity index (χ0) is 10.9. The molecule has 1 aromatic rings. The Morgan fingerprint density at radius 3 is 2.43 bits per heavy atom. The Balaban J connectivity index is 3.44. The molecule has 0 spiro atoms. The molecule has 0 aliphatic heterocycles. The van der Waals surface area contributed by atoms with Crippen molar-refractivity contribution in [2.45, 2.75) is 11.8 Å². The second-order valence-electron chi connectivity index (χ2n) is 2.72. The van der Waals surface area contributed by atoms with Crippen molar-refractivity contribution in [2.75, 3.05) is 0 Å². The summed E-state index contributed by atoms with van der Waals surface area (Å²) >= 11 is 0. The molecule has 0 fully saturated rings. The van der Waals surface area contributed by atoms with Crippen molar-refractivity contribution in [3.63, 3.8) is 0 Å². The summed E-state index contributed by atoms with van der Waals surface area (Å²) in [5, 5.41) is 8.55. The largest absolute Gasteiger partial charge is 0.478 e. The Morgan fingerprint density at radius 1 is 1.43 bits per heavy atom. The van der Waals surface area contributed by atoms with E-state index in [-0.39, 0.29) is 11.1 Å².